The lowest BCUT2D eigenvalue weighted by Crippen LogP contribution is -2.28. The van der Waals surface area contributed by atoms with Gasteiger partial charge in [-0.2, -0.15) is 0 Å². The van der Waals surface area contributed by atoms with Crippen molar-refractivity contribution in [2.24, 2.45) is 0 Å². The normalized spacial score (nSPS) is 10.4. The Kier molecular flexibility index (Phi) is 8.42. The summed E-state index contributed by atoms with van der Waals surface area (Å²) in [6, 6.07) is 13.0. The topological polar surface area (TPSA) is 58.2 Å². The molecule has 0 aliphatic carbocycles. The minimum absolute atomic E-state index is 0.0723. The van der Waals surface area contributed by atoms with Crippen molar-refractivity contribution in [1.29, 1.82) is 0 Å². The number of hydrogen-bond donors (Lipinski definition) is 2. The molecule has 2 amide bonds. The lowest BCUT2D eigenvalue weighted by Gasteiger charge is -2.07. The summed E-state index contributed by atoms with van der Waals surface area (Å²) in [5.41, 5.74) is 1.08. The van der Waals surface area contributed by atoms with E-state index in [-0.39, 0.29) is 24.4 Å². The van der Waals surface area contributed by atoms with Gasteiger partial charge in [0.15, 0.2) is 0 Å². The first-order valence-corrected chi connectivity index (χ1v) is 9.10. The molecule has 2 rings (SSSR count). The van der Waals surface area contributed by atoms with Crippen LogP contribution in [-0.4, -0.2) is 24.9 Å². The van der Waals surface area contributed by atoms with E-state index in [1.165, 1.54) is 5.56 Å². The molecule has 2 N–H and O–H groups in total. The van der Waals surface area contributed by atoms with Crippen LogP contribution in [0.1, 0.15) is 41.6 Å². The number of halogens is 2. The lowest BCUT2D eigenvalue weighted by atomic mass is 10.1. The van der Waals surface area contributed by atoms with E-state index in [1.54, 1.807) is 0 Å². The SMILES string of the molecule is O=C(CCCNC(=O)c1ccc(F)cc1F)NCCCCc1ccccc1. The molecule has 0 aliphatic rings. The third-order valence-electron chi connectivity index (χ3n) is 4.10. The zero-order chi connectivity index (χ0) is 19.5. The molecule has 144 valence electrons. The molecule has 0 bridgehead atoms. The average Bonchev–Trinajstić information content (AvgIpc) is 2.65. The minimum Gasteiger partial charge on any atom is -0.356 e. The third-order valence-corrected chi connectivity index (χ3v) is 4.10. The average molecular weight is 374 g/mol. The molecule has 0 aliphatic heterocycles. The molecule has 0 saturated heterocycles. The fourth-order valence-electron chi connectivity index (χ4n) is 2.63. The molecule has 0 heterocycles. The highest BCUT2D eigenvalue weighted by molar-refractivity contribution is 5.94. The lowest BCUT2D eigenvalue weighted by molar-refractivity contribution is -0.121. The van der Waals surface area contributed by atoms with Gasteiger partial charge in [0.05, 0.1) is 5.56 Å². The van der Waals surface area contributed by atoms with Gasteiger partial charge in [0.25, 0.3) is 5.91 Å². The molecule has 6 heteroatoms. The standard InChI is InChI=1S/C21H24F2N2O2/c22-17-11-12-18(19(23)15-17)21(27)25-14-6-10-20(26)24-13-5-4-9-16-7-2-1-3-8-16/h1-3,7-8,11-12,15H,4-6,9-10,13-14H2,(H,24,26)(H,25,27). The molecular formula is C21H24F2N2O2. The summed E-state index contributed by atoms with van der Waals surface area (Å²) in [7, 11) is 0. The van der Waals surface area contributed by atoms with Crippen molar-refractivity contribution in [3.05, 3.63) is 71.3 Å². The van der Waals surface area contributed by atoms with Crippen molar-refractivity contribution >= 4 is 11.8 Å². The fourth-order valence-corrected chi connectivity index (χ4v) is 2.63. The van der Waals surface area contributed by atoms with Crippen molar-refractivity contribution in [1.82, 2.24) is 10.6 Å². The van der Waals surface area contributed by atoms with Gasteiger partial charge in [-0.05, 0) is 43.4 Å². The molecule has 0 saturated carbocycles. The van der Waals surface area contributed by atoms with Gasteiger partial charge in [-0.1, -0.05) is 30.3 Å². The number of nitrogens with one attached hydrogen (secondary N) is 2. The highest BCUT2D eigenvalue weighted by Gasteiger charge is 2.12. The van der Waals surface area contributed by atoms with Gasteiger partial charge in [-0.25, -0.2) is 8.78 Å². The number of amides is 2. The Bertz CT molecular complexity index is 751. The summed E-state index contributed by atoms with van der Waals surface area (Å²) in [5.74, 6) is -2.32. The minimum atomic E-state index is -0.902. The van der Waals surface area contributed by atoms with Gasteiger partial charge < -0.3 is 10.6 Å². The number of benzene rings is 2. The maximum absolute atomic E-state index is 13.5. The molecule has 2 aromatic carbocycles. The van der Waals surface area contributed by atoms with Crippen LogP contribution < -0.4 is 10.6 Å². The largest absolute Gasteiger partial charge is 0.356 e. The molecule has 0 unspecified atom stereocenters. The maximum atomic E-state index is 13.5. The zero-order valence-electron chi connectivity index (χ0n) is 15.1. The van der Waals surface area contributed by atoms with E-state index in [0.29, 0.717) is 19.0 Å². The Morgan fingerprint density at radius 1 is 0.852 bits per heavy atom. The van der Waals surface area contributed by atoms with Crippen LogP contribution in [0.15, 0.2) is 48.5 Å². The second-order valence-corrected chi connectivity index (χ2v) is 6.28. The second kappa shape index (κ2) is 11.1. The quantitative estimate of drug-likeness (QED) is 0.624. The molecule has 2 aromatic rings. The van der Waals surface area contributed by atoms with E-state index in [2.05, 4.69) is 22.8 Å². The van der Waals surface area contributed by atoms with Crippen LogP contribution in [0.5, 0.6) is 0 Å². The van der Waals surface area contributed by atoms with E-state index >= 15 is 0 Å². The highest BCUT2D eigenvalue weighted by atomic mass is 19.1. The summed E-state index contributed by atoms with van der Waals surface area (Å²) in [5, 5.41) is 5.38. The zero-order valence-corrected chi connectivity index (χ0v) is 15.1. The van der Waals surface area contributed by atoms with Gasteiger partial charge in [0.2, 0.25) is 5.91 Å². The number of unbranched alkanes of at least 4 members (excludes halogenated alkanes) is 1. The predicted molar refractivity (Wildman–Crippen MR) is 100 cm³/mol. The van der Waals surface area contributed by atoms with Gasteiger partial charge in [0.1, 0.15) is 11.6 Å². The van der Waals surface area contributed by atoms with Crippen LogP contribution in [-0.2, 0) is 11.2 Å². The van der Waals surface area contributed by atoms with E-state index < -0.39 is 17.5 Å². The van der Waals surface area contributed by atoms with E-state index in [1.807, 2.05) is 18.2 Å². The van der Waals surface area contributed by atoms with Crippen molar-refractivity contribution in [3.63, 3.8) is 0 Å². The van der Waals surface area contributed by atoms with Crippen LogP contribution in [0.2, 0.25) is 0 Å². The van der Waals surface area contributed by atoms with Crippen LogP contribution in [0.3, 0.4) is 0 Å². The second-order valence-electron chi connectivity index (χ2n) is 6.28. The molecule has 0 atom stereocenters. The first-order chi connectivity index (χ1) is 13.1. The molecule has 0 radical (unpaired) electrons. The van der Waals surface area contributed by atoms with Crippen molar-refractivity contribution in [2.45, 2.75) is 32.1 Å². The number of rotatable bonds is 10. The Labute approximate surface area is 158 Å². The monoisotopic (exact) mass is 374 g/mol. The van der Waals surface area contributed by atoms with Crippen LogP contribution in [0.4, 0.5) is 8.78 Å². The molecule has 4 nitrogen and oxygen atoms in total. The van der Waals surface area contributed by atoms with Crippen LogP contribution in [0.25, 0.3) is 0 Å². The molecular weight excluding hydrogens is 350 g/mol. The highest BCUT2D eigenvalue weighted by Crippen LogP contribution is 2.09. The molecule has 0 fully saturated rings. The van der Waals surface area contributed by atoms with Gasteiger partial charge in [-0.15, -0.1) is 0 Å². The number of aryl methyl sites for hydroxylation is 1. The van der Waals surface area contributed by atoms with Crippen molar-refractivity contribution in [2.75, 3.05) is 13.1 Å². The summed E-state index contributed by atoms with van der Waals surface area (Å²) in [6.07, 6.45) is 3.63. The summed E-state index contributed by atoms with van der Waals surface area (Å²) >= 11 is 0. The first kappa shape index (κ1) is 20.6. The molecule has 0 spiro atoms. The number of hydrogen-bond acceptors (Lipinski definition) is 2. The van der Waals surface area contributed by atoms with Crippen molar-refractivity contribution in [3.8, 4) is 0 Å². The summed E-state index contributed by atoms with van der Waals surface area (Å²) < 4.78 is 26.3. The van der Waals surface area contributed by atoms with Gasteiger partial charge in [-0.3, -0.25) is 9.59 Å². The fraction of sp³-hybridized carbons (Fsp3) is 0.333. The van der Waals surface area contributed by atoms with Crippen LogP contribution >= 0.6 is 0 Å². The van der Waals surface area contributed by atoms with Crippen molar-refractivity contribution < 1.29 is 18.4 Å². The summed E-state index contributed by atoms with van der Waals surface area (Å²) in [4.78, 5) is 23.6. The van der Waals surface area contributed by atoms with E-state index in [0.717, 1.165) is 31.4 Å². The predicted octanol–water partition coefficient (Wildman–Crippen LogP) is 3.61. The smallest absolute Gasteiger partial charge is 0.254 e. The Balaban J connectivity index is 1.53. The Morgan fingerprint density at radius 2 is 1.59 bits per heavy atom. The third kappa shape index (κ3) is 7.56. The van der Waals surface area contributed by atoms with Gasteiger partial charge in [0, 0.05) is 25.6 Å². The molecule has 0 aromatic heterocycles. The maximum Gasteiger partial charge on any atom is 0.254 e. The van der Waals surface area contributed by atoms with E-state index in [9.17, 15) is 18.4 Å². The molecule has 27 heavy (non-hydrogen) atoms. The summed E-state index contributed by atoms with van der Waals surface area (Å²) in [6.45, 7) is 0.871. The van der Waals surface area contributed by atoms with Gasteiger partial charge >= 0.3 is 0 Å². The number of carbonyl (C=O) groups excluding carboxylic acids is 2. The van der Waals surface area contributed by atoms with E-state index in [4.69, 9.17) is 0 Å². The Hall–Kier alpha value is -2.76. The first-order valence-electron chi connectivity index (χ1n) is 9.10. The number of carbonyl (C=O) groups is 2. The van der Waals surface area contributed by atoms with Crippen LogP contribution in [0, 0.1) is 11.6 Å². The Morgan fingerprint density at radius 3 is 2.33 bits per heavy atom.